The molecule has 4 atom stereocenters. The normalized spacial score (nSPS) is 28.1. The summed E-state index contributed by atoms with van der Waals surface area (Å²) in [6.45, 7) is 1.39. The Morgan fingerprint density at radius 2 is 1.93 bits per heavy atom. The van der Waals surface area contributed by atoms with Crippen LogP contribution in [0.25, 0.3) is 0 Å². The number of Topliss-reactive ketones (excluding diaryl/α,β-unsaturated/α-hetero) is 1. The van der Waals surface area contributed by atoms with E-state index in [0.717, 1.165) is 0 Å². The summed E-state index contributed by atoms with van der Waals surface area (Å²) >= 11 is 5.97. The van der Waals surface area contributed by atoms with E-state index in [0.29, 0.717) is 16.2 Å². The van der Waals surface area contributed by atoms with Crippen LogP contribution >= 0.6 is 11.6 Å². The molecule has 1 aromatic rings. The molecule has 0 bridgehead atoms. The fraction of sp³-hybridized carbons (Fsp3) is 0.300. The van der Waals surface area contributed by atoms with Gasteiger partial charge in [-0.25, -0.2) is 0 Å². The third-order valence-electron chi connectivity index (χ3n) is 5.30. The number of esters is 1. The highest BCUT2D eigenvalue weighted by molar-refractivity contribution is 6.30. The number of hydrogen-bond acceptors (Lipinski definition) is 6. The van der Waals surface area contributed by atoms with E-state index in [9.17, 15) is 19.6 Å². The molecule has 28 heavy (non-hydrogen) atoms. The van der Waals surface area contributed by atoms with E-state index in [1.165, 1.54) is 25.1 Å². The van der Waals surface area contributed by atoms with Gasteiger partial charge in [0.25, 0.3) is 0 Å². The number of halogens is 1. The maximum Gasteiger partial charge on any atom is 0.329 e. The Balaban J connectivity index is 2.29. The number of nitrogens with two attached hydrogens (primary N) is 1. The molecule has 2 heterocycles. The molecule has 1 saturated heterocycles. The van der Waals surface area contributed by atoms with Gasteiger partial charge in [-0.3, -0.25) is 14.4 Å². The first-order chi connectivity index (χ1) is 13.3. The number of carbonyl (C=O) groups is 3. The molecule has 1 fully saturated rings. The van der Waals surface area contributed by atoms with Crippen molar-refractivity contribution in [2.75, 3.05) is 7.11 Å². The molecular weight excluding hydrogens is 382 g/mol. The minimum atomic E-state index is -1.74. The summed E-state index contributed by atoms with van der Waals surface area (Å²) in [5.41, 5.74) is 4.84. The second kappa shape index (κ2) is 7.13. The van der Waals surface area contributed by atoms with Crippen LogP contribution in [0.4, 0.5) is 0 Å². The van der Waals surface area contributed by atoms with Crippen molar-refractivity contribution in [3.05, 3.63) is 58.8 Å². The number of fused-ring (bicyclic) bond motifs is 1. The van der Waals surface area contributed by atoms with Gasteiger partial charge in [-0.1, -0.05) is 35.9 Å². The van der Waals surface area contributed by atoms with Crippen LogP contribution < -0.4 is 5.73 Å². The first kappa shape index (κ1) is 19.6. The second-order valence-electron chi connectivity index (χ2n) is 6.74. The average Bonchev–Trinajstić information content (AvgIpc) is 2.98. The average molecular weight is 400 g/mol. The van der Waals surface area contributed by atoms with Gasteiger partial charge < -0.3 is 15.4 Å². The van der Waals surface area contributed by atoms with Gasteiger partial charge in [0.2, 0.25) is 5.91 Å². The minimum Gasteiger partial charge on any atom is -0.468 e. The maximum atomic E-state index is 12.9. The molecule has 0 unspecified atom stereocenters. The van der Waals surface area contributed by atoms with Crippen LogP contribution in [-0.4, -0.2) is 41.8 Å². The molecule has 0 aliphatic carbocycles. The van der Waals surface area contributed by atoms with Gasteiger partial charge in [-0.15, -0.1) is 0 Å². The highest BCUT2D eigenvalue weighted by atomic mass is 35.5. The number of hydrogen-bond donors (Lipinski definition) is 1. The molecule has 144 valence electrons. The number of nitriles is 1. The topological polar surface area (TPSA) is 113 Å². The van der Waals surface area contributed by atoms with Crippen LogP contribution in [0.15, 0.2) is 48.2 Å². The number of amides is 1. The zero-order valence-electron chi connectivity index (χ0n) is 15.3. The molecule has 8 heteroatoms. The summed E-state index contributed by atoms with van der Waals surface area (Å²) in [4.78, 5) is 38.7. The number of primary amides is 1. The van der Waals surface area contributed by atoms with Gasteiger partial charge in [-0.2, -0.15) is 5.26 Å². The summed E-state index contributed by atoms with van der Waals surface area (Å²) in [7, 11) is 1.19. The largest absolute Gasteiger partial charge is 0.468 e. The molecule has 0 radical (unpaired) electrons. The van der Waals surface area contributed by atoms with Crippen LogP contribution in [0, 0.1) is 16.7 Å². The van der Waals surface area contributed by atoms with Crippen LogP contribution in [0.2, 0.25) is 5.02 Å². The van der Waals surface area contributed by atoms with Crippen molar-refractivity contribution in [2.24, 2.45) is 11.1 Å². The smallest absolute Gasteiger partial charge is 0.329 e. The van der Waals surface area contributed by atoms with E-state index in [2.05, 4.69) is 6.07 Å². The fourth-order valence-electron chi connectivity index (χ4n) is 4.06. The third-order valence-corrected chi connectivity index (χ3v) is 5.55. The quantitative estimate of drug-likeness (QED) is 0.770. The number of rotatable bonds is 4. The lowest BCUT2D eigenvalue weighted by Crippen LogP contribution is -2.45. The zero-order valence-corrected chi connectivity index (χ0v) is 16.0. The molecule has 2 aliphatic heterocycles. The van der Waals surface area contributed by atoms with Crippen LogP contribution in [0.1, 0.15) is 18.4 Å². The first-order valence-electron chi connectivity index (χ1n) is 8.50. The molecule has 3 rings (SSSR count). The number of carbonyl (C=O) groups excluding carboxylic acids is 3. The maximum absolute atomic E-state index is 12.9. The van der Waals surface area contributed by atoms with Crippen molar-refractivity contribution in [1.82, 2.24) is 4.90 Å². The summed E-state index contributed by atoms with van der Waals surface area (Å²) in [5.74, 6) is -2.64. The molecule has 0 saturated carbocycles. The van der Waals surface area contributed by atoms with Crippen molar-refractivity contribution in [1.29, 1.82) is 5.26 Å². The fourth-order valence-corrected chi connectivity index (χ4v) is 4.18. The molecular formula is C20H18ClN3O4. The number of allylic oxidation sites excluding steroid dienone is 2. The van der Waals surface area contributed by atoms with Gasteiger partial charge in [0.15, 0.2) is 11.2 Å². The predicted molar refractivity (Wildman–Crippen MR) is 101 cm³/mol. The van der Waals surface area contributed by atoms with Crippen molar-refractivity contribution < 1.29 is 19.1 Å². The van der Waals surface area contributed by atoms with E-state index in [4.69, 9.17) is 22.1 Å². The molecule has 0 aromatic heterocycles. The molecule has 1 amide bonds. The second-order valence-corrected chi connectivity index (χ2v) is 7.18. The Labute approximate surface area is 167 Å². The Kier molecular flexibility index (Phi) is 5.01. The number of ketones is 1. The highest BCUT2D eigenvalue weighted by Crippen LogP contribution is 2.53. The minimum absolute atomic E-state index is 0.214. The Hall–Kier alpha value is -3.11. The van der Waals surface area contributed by atoms with Crippen LogP contribution in [0.5, 0.6) is 0 Å². The van der Waals surface area contributed by atoms with Gasteiger partial charge in [0.1, 0.15) is 6.04 Å². The lowest BCUT2D eigenvalue weighted by molar-refractivity contribution is -0.150. The summed E-state index contributed by atoms with van der Waals surface area (Å²) in [6.07, 6.45) is 4.59. The molecule has 0 spiro atoms. The predicted octanol–water partition coefficient (Wildman–Crippen LogP) is 1.69. The van der Waals surface area contributed by atoms with Crippen LogP contribution in [-0.2, 0) is 19.1 Å². The molecule has 7 nitrogen and oxygen atoms in total. The van der Waals surface area contributed by atoms with E-state index in [1.54, 1.807) is 36.4 Å². The number of nitrogens with zero attached hydrogens (tertiary/aromatic N) is 2. The lowest BCUT2D eigenvalue weighted by Gasteiger charge is -2.32. The van der Waals surface area contributed by atoms with E-state index in [1.807, 2.05) is 0 Å². The number of ether oxygens (including phenoxy) is 1. The third kappa shape index (κ3) is 2.77. The molecule has 2 aliphatic rings. The van der Waals surface area contributed by atoms with Gasteiger partial charge >= 0.3 is 5.97 Å². The van der Waals surface area contributed by atoms with Crippen LogP contribution in [0.3, 0.4) is 0 Å². The first-order valence-corrected chi connectivity index (χ1v) is 8.88. The van der Waals surface area contributed by atoms with Gasteiger partial charge in [0, 0.05) is 22.7 Å². The Morgan fingerprint density at radius 1 is 1.29 bits per heavy atom. The van der Waals surface area contributed by atoms with E-state index >= 15 is 0 Å². The van der Waals surface area contributed by atoms with Crippen molar-refractivity contribution >= 4 is 29.3 Å². The Morgan fingerprint density at radius 3 is 2.43 bits per heavy atom. The van der Waals surface area contributed by atoms with Gasteiger partial charge in [-0.05, 0) is 24.6 Å². The SMILES string of the molecule is COC(=O)[C@@]1(C#N)[C@H](c2ccc(Cl)cc2)[C@H](C(N)=O)N2C=C(C(C)=O)C=C[C@H]21. The van der Waals surface area contributed by atoms with E-state index < -0.39 is 35.3 Å². The number of methoxy groups -OCH3 is 1. The highest BCUT2D eigenvalue weighted by Gasteiger charge is 2.66. The van der Waals surface area contributed by atoms with Crippen molar-refractivity contribution in [2.45, 2.75) is 24.9 Å². The Bertz CT molecular complexity index is 947. The lowest BCUT2D eigenvalue weighted by atomic mass is 9.68. The standard InChI is InChI=1S/C20H18ClN3O4/c1-11(25)13-5-8-15-20(10-22,19(27)28-2)16(12-3-6-14(21)7-4-12)17(18(23)26)24(15)9-13/h3-9,15-17H,1-2H3,(H2,23,26)/t15-,16+,17+,20+/m0/s1. The molecule has 2 N–H and O–H groups in total. The summed E-state index contributed by atoms with van der Waals surface area (Å²) < 4.78 is 4.97. The summed E-state index contributed by atoms with van der Waals surface area (Å²) in [5, 5.41) is 10.6. The molecule has 1 aromatic carbocycles. The van der Waals surface area contributed by atoms with Crippen molar-refractivity contribution in [3.8, 4) is 6.07 Å². The van der Waals surface area contributed by atoms with E-state index in [-0.39, 0.29) is 5.78 Å². The number of benzene rings is 1. The zero-order chi connectivity index (χ0) is 20.6. The monoisotopic (exact) mass is 399 g/mol. The van der Waals surface area contributed by atoms with Gasteiger partial charge in [0.05, 0.1) is 19.2 Å². The summed E-state index contributed by atoms with van der Waals surface area (Å²) in [6, 6.07) is 6.75. The van der Waals surface area contributed by atoms with Crippen molar-refractivity contribution in [3.63, 3.8) is 0 Å².